The third kappa shape index (κ3) is 4.46. The lowest BCUT2D eigenvalue weighted by Crippen LogP contribution is -2.50. The number of hydrogen-bond acceptors (Lipinski definition) is 7. The van der Waals surface area contributed by atoms with E-state index < -0.39 is 16.1 Å². The van der Waals surface area contributed by atoms with Gasteiger partial charge in [-0.2, -0.15) is 4.31 Å². The number of nitrogens with one attached hydrogen (secondary N) is 1. The van der Waals surface area contributed by atoms with E-state index in [1.54, 1.807) is 30.0 Å². The molecule has 0 spiro atoms. The molecule has 4 rings (SSSR count). The smallest absolute Gasteiger partial charge is 0.265 e. The van der Waals surface area contributed by atoms with E-state index in [9.17, 15) is 18.0 Å². The molecule has 176 valence electrons. The maximum atomic E-state index is 13.2. The van der Waals surface area contributed by atoms with Crippen molar-refractivity contribution >= 4 is 27.5 Å². The molecule has 33 heavy (non-hydrogen) atoms. The molecule has 0 saturated carbocycles. The van der Waals surface area contributed by atoms with E-state index in [0.29, 0.717) is 28.5 Å². The molecule has 0 aromatic heterocycles. The van der Waals surface area contributed by atoms with Crippen molar-refractivity contribution in [3.8, 4) is 17.2 Å². The number of carbonyl (C=O) groups excluding carboxylic acids is 2. The zero-order valence-corrected chi connectivity index (χ0v) is 19.3. The summed E-state index contributed by atoms with van der Waals surface area (Å²) in [5, 5.41) is 2.66. The number of nitrogens with zero attached hydrogens (tertiary/aromatic N) is 2. The first-order valence-corrected chi connectivity index (χ1v) is 11.8. The van der Waals surface area contributed by atoms with E-state index in [4.69, 9.17) is 14.2 Å². The summed E-state index contributed by atoms with van der Waals surface area (Å²) in [6, 6.07) is 9.31. The number of hydrogen-bond donors (Lipinski definition) is 1. The van der Waals surface area contributed by atoms with E-state index in [1.165, 1.54) is 36.7 Å². The zero-order chi connectivity index (χ0) is 23.8. The van der Waals surface area contributed by atoms with Gasteiger partial charge in [-0.3, -0.25) is 9.59 Å². The highest BCUT2D eigenvalue weighted by Crippen LogP contribution is 2.33. The number of sulfonamides is 1. The van der Waals surface area contributed by atoms with Crippen LogP contribution in [0.4, 0.5) is 5.69 Å². The molecule has 2 aliphatic rings. The van der Waals surface area contributed by atoms with Crippen molar-refractivity contribution in [3.05, 3.63) is 42.0 Å². The lowest BCUT2D eigenvalue weighted by molar-refractivity contribution is -0.122. The quantitative estimate of drug-likeness (QED) is 0.698. The molecule has 1 fully saturated rings. The summed E-state index contributed by atoms with van der Waals surface area (Å²) in [6.07, 6.45) is -0.643. The lowest BCUT2D eigenvalue weighted by atomic mass is 10.1. The molecule has 1 saturated heterocycles. The highest BCUT2D eigenvalue weighted by atomic mass is 32.2. The predicted octanol–water partition coefficient (Wildman–Crippen LogP) is 1.57. The lowest BCUT2D eigenvalue weighted by Gasteiger charge is -2.34. The van der Waals surface area contributed by atoms with Crippen LogP contribution in [0.15, 0.2) is 41.3 Å². The number of methoxy groups -OCH3 is 2. The van der Waals surface area contributed by atoms with Gasteiger partial charge >= 0.3 is 0 Å². The van der Waals surface area contributed by atoms with Gasteiger partial charge < -0.3 is 24.4 Å². The number of anilines is 1. The Morgan fingerprint density at radius 2 is 1.67 bits per heavy atom. The van der Waals surface area contributed by atoms with Crippen LogP contribution in [0.1, 0.15) is 17.3 Å². The molecule has 0 bridgehead atoms. The van der Waals surface area contributed by atoms with Crippen LogP contribution in [-0.2, 0) is 14.8 Å². The topological polar surface area (TPSA) is 114 Å². The fourth-order valence-corrected chi connectivity index (χ4v) is 5.19. The minimum absolute atomic E-state index is 0.0528. The second-order valence-electron chi connectivity index (χ2n) is 7.70. The first-order chi connectivity index (χ1) is 15.7. The largest absolute Gasteiger partial charge is 0.497 e. The molecule has 0 radical (unpaired) electrons. The third-order valence-electron chi connectivity index (χ3n) is 5.64. The van der Waals surface area contributed by atoms with Crippen LogP contribution in [0, 0.1) is 0 Å². The molecule has 2 aliphatic heterocycles. The first-order valence-electron chi connectivity index (χ1n) is 10.4. The van der Waals surface area contributed by atoms with Gasteiger partial charge in [0.05, 0.1) is 24.8 Å². The molecule has 10 nitrogen and oxygen atoms in total. The maximum absolute atomic E-state index is 13.2. The molecule has 1 atom stereocenters. The van der Waals surface area contributed by atoms with Gasteiger partial charge in [-0.15, -0.1) is 0 Å². The summed E-state index contributed by atoms with van der Waals surface area (Å²) in [5.74, 6) is 0.851. The number of rotatable bonds is 5. The van der Waals surface area contributed by atoms with Gasteiger partial charge in [-0.25, -0.2) is 8.42 Å². The Labute approximate surface area is 192 Å². The second kappa shape index (κ2) is 8.91. The Kier molecular flexibility index (Phi) is 6.17. The fraction of sp³-hybridized carbons (Fsp3) is 0.364. The van der Waals surface area contributed by atoms with Crippen molar-refractivity contribution in [2.75, 3.05) is 45.7 Å². The van der Waals surface area contributed by atoms with Crippen molar-refractivity contribution < 1.29 is 32.2 Å². The van der Waals surface area contributed by atoms with Crippen LogP contribution in [-0.4, -0.2) is 75.9 Å². The normalized spacial score (nSPS) is 18.7. The highest BCUT2D eigenvalue weighted by Gasteiger charge is 2.32. The summed E-state index contributed by atoms with van der Waals surface area (Å²) in [6.45, 7) is 2.38. The van der Waals surface area contributed by atoms with Gasteiger partial charge in [0.15, 0.2) is 6.10 Å². The molecule has 11 heteroatoms. The number of amides is 2. The Morgan fingerprint density at radius 3 is 2.27 bits per heavy atom. The van der Waals surface area contributed by atoms with Gasteiger partial charge in [0, 0.05) is 37.8 Å². The third-order valence-corrected chi connectivity index (χ3v) is 7.54. The Morgan fingerprint density at radius 1 is 1.03 bits per heavy atom. The van der Waals surface area contributed by atoms with Crippen molar-refractivity contribution in [1.82, 2.24) is 9.21 Å². The van der Waals surface area contributed by atoms with Crippen molar-refractivity contribution in [3.63, 3.8) is 0 Å². The zero-order valence-electron chi connectivity index (χ0n) is 18.5. The van der Waals surface area contributed by atoms with Crippen molar-refractivity contribution in [1.29, 1.82) is 0 Å². The molecule has 0 unspecified atom stereocenters. The predicted molar refractivity (Wildman–Crippen MR) is 119 cm³/mol. The average Bonchev–Trinajstić information content (AvgIpc) is 2.83. The van der Waals surface area contributed by atoms with Crippen LogP contribution in [0.25, 0.3) is 0 Å². The van der Waals surface area contributed by atoms with Crippen LogP contribution in [0.5, 0.6) is 17.2 Å². The molecule has 1 N–H and O–H groups in total. The van der Waals surface area contributed by atoms with Gasteiger partial charge in [0.2, 0.25) is 10.0 Å². The van der Waals surface area contributed by atoms with E-state index in [1.807, 2.05) is 0 Å². The molecule has 0 aliphatic carbocycles. The van der Waals surface area contributed by atoms with Crippen LogP contribution >= 0.6 is 0 Å². The Balaban J connectivity index is 1.47. The molecule has 2 aromatic rings. The van der Waals surface area contributed by atoms with Gasteiger partial charge in [-0.05, 0) is 37.3 Å². The van der Waals surface area contributed by atoms with Gasteiger partial charge in [0.1, 0.15) is 17.2 Å². The molecule has 2 amide bonds. The van der Waals surface area contributed by atoms with Gasteiger partial charge in [0.25, 0.3) is 11.8 Å². The number of ether oxygens (including phenoxy) is 3. The minimum atomic E-state index is -3.81. The van der Waals surface area contributed by atoms with Crippen LogP contribution < -0.4 is 19.5 Å². The average molecular weight is 476 g/mol. The van der Waals surface area contributed by atoms with Crippen molar-refractivity contribution in [2.24, 2.45) is 0 Å². The summed E-state index contributed by atoms with van der Waals surface area (Å²) < 4.78 is 43.6. The van der Waals surface area contributed by atoms with Crippen LogP contribution in [0.3, 0.4) is 0 Å². The number of piperazine rings is 1. The van der Waals surface area contributed by atoms with E-state index in [-0.39, 0.29) is 42.9 Å². The summed E-state index contributed by atoms with van der Waals surface area (Å²) >= 11 is 0. The molecular formula is C22H25N3O7S. The monoisotopic (exact) mass is 475 g/mol. The fourth-order valence-electron chi connectivity index (χ4n) is 3.74. The summed E-state index contributed by atoms with van der Waals surface area (Å²) in [4.78, 5) is 26.5. The Hall–Kier alpha value is -3.31. The van der Waals surface area contributed by atoms with E-state index in [2.05, 4.69) is 5.32 Å². The van der Waals surface area contributed by atoms with Crippen molar-refractivity contribution in [2.45, 2.75) is 17.9 Å². The molecular weight excluding hydrogens is 450 g/mol. The number of benzene rings is 2. The maximum Gasteiger partial charge on any atom is 0.265 e. The minimum Gasteiger partial charge on any atom is -0.497 e. The Bertz CT molecular complexity index is 1170. The standard InChI is InChI=1S/C22H25N3O7S/c1-14-21(26)23-19-13-18(4-5-20(19)32-14)33(28,29)25-8-6-24(7-9-25)22(27)15-10-16(30-2)12-17(11-15)31-3/h4-5,10-14H,6-9H2,1-3H3,(H,23,26)/t14-/m0/s1. The van der Waals surface area contributed by atoms with E-state index >= 15 is 0 Å². The summed E-state index contributed by atoms with van der Waals surface area (Å²) in [5.41, 5.74) is 0.724. The SMILES string of the molecule is COc1cc(OC)cc(C(=O)N2CCN(S(=O)(=O)c3ccc4c(c3)NC(=O)[C@H](C)O4)CC2)c1. The highest BCUT2D eigenvalue weighted by molar-refractivity contribution is 7.89. The summed E-state index contributed by atoms with van der Waals surface area (Å²) in [7, 11) is -0.802. The van der Waals surface area contributed by atoms with E-state index in [0.717, 1.165) is 0 Å². The number of carbonyl (C=O) groups is 2. The number of fused-ring (bicyclic) bond motifs is 1. The first kappa shape index (κ1) is 22.9. The second-order valence-corrected chi connectivity index (χ2v) is 9.64. The van der Waals surface area contributed by atoms with Gasteiger partial charge in [-0.1, -0.05) is 0 Å². The molecule has 2 aromatic carbocycles. The van der Waals surface area contributed by atoms with Crippen LogP contribution in [0.2, 0.25) is 0 Å². The molecule has 2 heterocycles.